The van der Waals surface area contributed by atoms with Crippen molar-refractivity contribution < 1.29 is 54.0 Å². The molecule has 3 rings (SSSR count). The minimum atomic E-state index is -1.25. The second kappa shape index (κ2) is 18.4. The van der Waals surface area contributed by atoms with Crippen molar-refractivity contribution in [2.75, 3.05) is 58.9 Å². The zero-order valence-corrected chi connectivity index (χ0v) is 27.2. The number of hydrazine groups is 1. The highest BCUT2D eigenvalue weighted by molar-refractivity contribution is 5.97. The van der Waals surface area contributed by atoms with Gasteiger partial charge in [-0.05, 0) is 28.8 Å². The van der Waals surface area contributed by atoms with E-state index in [9.17, 15) is 33.6 Å². The average molecular weight is 700 g/mol. The SMILES string of the molecule is NC1(C(=O)NNC(=O)c2ccc(CNC(=O)CN(CCN(CC(=O)O)CC(=O)O)CCN(CC(=O)O)CC(=O)O)cc2)Cc2ccccc2C1. The number of aliphatic carboxylic acids is 4. The highest BCUT2D eigenvalue weighted by atomic mass is 16.4. The fourth-order valence-corrected chi connectivity index (χ4v) is 5.38. The third-order valence-corrected chi connectivity index (χ3v) is 7.85. The Morgan fingerprint density at radius 1 is 0.620 bits per heavy atom. The lowest BCUT2D eigenvalue weighted by Gasteiger charge is -2.28. The number of rotatable bonds is 20. The Labute approximate surface area is 286 Å². The number of carbonyl (C=O) groups excluding carboxylic acids is 3. The largest absolute Gasteiger partial charge is 0.480 e. The lowest BCUT2D eigenvalue weighted by molar-refractivity contribution is -0.143. The van der Waals surface area contributed by atoms with Gasteiger partial charge >= 0.3 is 23.9 Å². The van der Waals surface area contributed by atoms with E-state index in [0.29, 0.717) is 18.4 Å². The second-order valence-electron chi connectivity index (χ2n) is 11.9. The lowest BCUT2D eigenvalue weighted by Crippen LogP contribution is -2.58. The molecule has 0 saturated heterocycles. The van der Waals surface area contributed by atoms with Crippen molar-refractivity contribution in [3.63, 3.8) is 0 Å². The Morgan fingerprint density at radius 2 is 1.06 bits per heavy atom. The Hall–Kier alpha value is -5.43. The summed E-state index contributed by atoms with van der Waals surface area (Å²) in [6.07, 6.45) is 0.676. The molecule has 0 bridgehead atoms. The van der Waals surface area contributed by atoms with Crippen molar-refractivity contribution in [3.8, 4) is 0 Å². The van der Waals surface area contributed by atoms with Crippen LogP contribution in [-0.2, 0) is 48.2 Å². The number of carboxylic acids is 4. The smallest absolute Gasteiger partial charge is 0.317 e. The summed E-state index contributed by atoms with van der Waals surface area (Å²) in [5, 5.41) is 39.2. The molecule has 0 saturated carbocycles. The Bertz CT molecular complexity index is 1470. The maximum Gasteiger partial charge on any atom is 0.317 e. The predicted molar refractivity (Wildman–Crippen MR) is 175 cm³/mol. The highest BCUT2D eigenvalue weighted by Gasteiger charge is 2.40. The van der Waals surface area contributed by atoms with E-state index in [1.165, 1.54) is 17.0 Å². The first kappa shape index (κ1) is 39.0. The van der Waals surface area contributed by atoms with Crippen LogP contribution in [0.5, 0.6) is 0 Å². The standard InChI is InChI=1S/C32H41N7O11/c33-32(13-23-3-1-2-4-24(23)14-32)31(50)36-35-30(49)22-7-5-21(6-8-22)15-34-25(40)16-37(9-11-38(17-26(41)42)18-27(43)44)10-12-39(19-28(45)46)20-29(47)48/h1-8H,9-20,33H2,(H,34,40)(H,35,49)(H,36,50)(H,41,42)(H,43,44)(H,45,46)(H,47,48). The number of nitrogens with one attached hydrogen (secondary N) is 3. The molecular weight excluding hydrogens is 658 g/mol. The van der Waals surface area contributed by atoms with Gasteiger partial charge < -0.3 is 31.5 Å². The molecule has 50 heavy (non-hydrogen) atoms. The number of carboxylic acid groups (broad SMARTS) is 4. The van der Waals surface area contributed by atoms with Crippen LogP contribution in [0.15, 0.2) is 48.5 Å². The van der Waals surface area contributed by atoms with Gasteiger partial charge in [0.1, 0.15) is 5.54 Å². The maximum atomic E-state index is 12.9. The Balaban J connectivity index is 1.54. The molecule has 0 unspecified atom stereocenters. The van der Waals surface area contributed by atoms with Crippen LogP contribution >= 0.6 is 0 Å². The lowest BCUT2D eigenvalue weighted by atomic mass is 9.96. The van der Waals surface area contributed by atoms with Crippen molar-refractivity contribution in [2.24, 2.45) is 5.73 Å². The Morgan fingerprint density at radius 3 is 1.50 bits per heavy atom. The normalized spacial score (nSPS) is 13.1. The molecule has 0 spiro atoms. The number of hydrogen-bond donors (Lipinski definition) is 8. The Kier molecular flexibility index (Phi) is 14.3. The quantitative estimate of drug-likeness (QED) is 0.0682. The van der Waals surface area contributed by atoms with E-state index in [1.807, 2.05) is 24.3 Å². The fraction of sp³-hybridized carbons (Fsp3) is 0.406. The molecule has 9 N–H and O–H groups in total. The second-order valence-corrected chi connectivity index (χ2v) is 11.9. The number of carbonyl (C=O) groups is 7. The van der Waals surface area contributed by atoms with E-state index >= 15 is 0 Å². The van der Waals surface area contributed by atoms with Crippen molar-refractivity contribution in [1.82, 2.24) is 30.9 Å². The molecule has 1 aliphatic carbocycles. The summed E-state index contributed by atoms with van der Waals surface area (Å²) in [6, 6.07) is 13.7. The van der Waals surface area contributed by atoms with Crippen LogP contribution in [0, 0.1) is 0 Å². The van der Waals surface area contributed by atoms with Gasteiger partial charge in [-0.2, -0.15) is 0 Å². The topological polar surface area (TPSA) is 272 Å². The van der Waals surface area contributed by atoms with Crippen LogP contribution in [0.1, 0.15) is 27.0 Å². The van der Waals surface area contributed by atoms with Gasteiger partial charge in [0.05, 0.1) is 32.7 Å². The molecule has 0 fully saturated rings. The van der Waals surface area contributed by atoms with Gasteiger partial charge in [0, 0.05) is 51.1 Å². The summed E-state index contributed by atoms with van der Waals surface area (Å²) in [5.74, 6) is -6.60. The van der Waals surface area contributed by atoms with Crippen molar-refractivity contribution in [1.29, 1.82) is 0 Å². The zero-order chi connectivity index (χ0) is 36.8. The summed E-state index contributed by atoms with van der Waals surface area (Å²) < 4.78 is 0. The number of benzene rings is 2. The molecule has 2 aromatic carbocycles. The summed E-state index contributed by atoms with van der Waals surface area (Å²) in [6.45, 7) is -2.58. The van der Waals surface area contributed by atoms with Gasteiger partial charge in [-0.25, -0.2) is 0 Å². The highest BCUT2D eigenvalue weighted by Crippen LogP contribution is 2.28. The van der Waals surface area contributed by atoms with E-state index in [0.717, 1.165) is 20.9 Å². The first-order chi connectivity index (χ1) is 23.6. The molecule has 18 nitrogen and oxygen atoms in total. The number of nitrogens with zero attached hydrogens (tertiary/aromatic N) is 3. The molecule has 1 aliphatic rings. The van der Waals surface area contributed by atoms with E-state index in [2.05, 4.69) is 16.2 Å². The first-order valence-electron chi connectivity index (χ1n) is 15.5. The molecule has 18 heteroatoms. The van der Waals surface area contributed by atoms with Gasteiger partial charge in [-0.1, -0.05) is 36.4 Å². The molecule has 2 aromatic rings. The summed E-state index contributed by atoms with van der Waals surface area (Å²) >= 11 is 0. The van der Waals surface area contributed by atoms with E-state index in [4.69, 9.17) is 26.2 Å². The molecule has 3 amide bonds. The van der Waals surface area contributed by atoms with E-state index in [-0.39, 0.29) is 44.8 Å². The summed E-state index contributed by atoms with van der Waals surface area (Å²) in [5.41, 5.74) is 12.7. The molecule has 0 radical (unpaired) electrons. The van der Waals surface area contributed by atoms with Crippen LogP contribution < -0.4 is 21.9 Å². The van der Waals surface area contributed by atoms with Gasteiger partial charge in [0.25, 0.3) is 11.8 Å². The number of nitrogens with two attached hydrogens (primary N) is 1. The number of hydrogen-bond acceptors (Lipinski definition) is 11. The minimum Gasteiger partial charge on any atom is -0.480 e. The van der Waals surface area contributed by atoms with Crippen LogP contribution in [0.3, 0.4) is 0 Å². The molecule has 270 valence electrons. The van der Waals surface area contributed by atoms with Gasteiger partial charge in [0.15, 0.2) is 0 Å². The molecular formula is C32H41N7O11. The van der Waals surface area contributed by atoms with Gasteiger partial charge in [-0.15, -0.1) is 0 Å². The van der Waals surface area contributed by atoms with Crippen LogP contribution in [-0.4, -0.2) is 141 Å². The number of amides is 3. The molecule has 0 heterocycles. The zero-order valence-electron chi connectivity index (χ0n) is 27.2. The average Bonchev–Trinajstić information content (AvgIpc) is 3.40. The fourth-order valence-electron chi connectivity index (χ4n) is 5.38. The molecule has 0 aliphatic heterocycles. The summed E-state index contributed by atoms with van der Waals surface area (Å²) in [7, 11) is 0. The predicted octanol–water partition coefficient (Wildman–Crippen LogP) is -2.20. The van der Waals surface area contributed by atoms with Crippen molar-refractivity contribution in [3.05, 3.63) is 70.8 Å². The maximum absolute atomic E-state index is 12.9. The van der Waals surface area contributed by atoms with Crippen molar-refractivity contribution >= 4 is 41.6 Å². The summed E-state index contributed by atoms with van der Waals surface area (Å²) in [4.78, 5) is 86.9. The third kappa shape index (κ3) is 12.9. The molecule has 0 atom stereocenters. The third-order valence-electron chi connectivity index (χ3n) is 7.85. The van der Waals surface area contributed by atoms with E-state index in [1.54, 1.807) is 12.1 Å². The van der Waals surface area contributed by atoms with Crippen LogP contribution in [0.4, 0.5) is 0 Å². The van der Waals surface area contributed by atoms with Crippen LogP contribution in [0.25, 0.3) is 0 Å². The van der Waals surface area contributed by atoms with Gasteiger partial charge in [-0.3, -0.25) is 59.1 Å². The van der Waals surface area contributed by atoms with Crippen LogP contribution in [0.2, 0.25) is 0 Å². The van der Waals surface area contributed by atoms with Crippen molar-refractivity contribution in [2.45, 2.75) is 24.9 Å². The van der Waals surface area contributed by atoms with Gasteiger partial charge in [0.2, 0.25) is 5.91 Å². The number of fused-ring (bicyclic) bond motifs is 1. The van der Waals surface area contributed by atoms with E-state index < -0.39 is 73.3 Å². The minimum absolute atomic E-state index is 0.0144. The monoisotopic (exact) mass is 699 g/mol. The first-order valence-corrected chi connectivity index (χ1v) is 15.5. The molecule has 0 aromatic heterocycles.